The summed E-state index contributed by atoms with van der Waals surface area (Å²) in [5.74, 6) is 0.626. The molecule has 1 N–H and O–H groups in total. The molecular weight excluding hydrogens is 241 g/mol. The Morgan fingerprint density at radius 2 is 2.00 bits per heavy atom. The quantitative estimate of drug-likeness (QED) is 0.836. The van der Waals surface area contributed by atoms with Crippen molar-refractivity contribution in [2.24, 2.45) is 0 Å². The van der Waals surface area contributed by atoms with E-state index in [1.165, 1.54) is 31.2 Å². The first-order valence-electron chi connectivity index (χ1n) is 5.83. The number of rotatable bonds is 2. The van der Waals surface area contributed by atoms with Crippen LogP contribution in [0.2, 0.25) is 10.0 Å². The van der Waals surface area contributed by atoms with Gasteiger partial charge in [-0.1, -0.05) is 35.7 Å². The first-order valence-corrected chi connectivity index (χ1v) is 6.58. The van der Waals surface area contributed by atoms with Gasteiger partial charge < -0.3 is 5.32 Å². The van der Waals surface area contributed by atoms with Crippen LogP contribution in [-0.4, -0.2) is 13.1 Å². The molecule has 0 bridgehead atoms. The lowest BCUT2D eigenvalue weighted by Crippen LogP contribution is -2.30. The zero-order valence-electron chi connectivity index (χ0n) is 9.47. The lowest BCUT2D eigenvalue weighted by atomic mass is 9.81. The molecule has 0 radical (unpaired) electrons. The van der Waals surface area contributed by atoms with Crippen molar-refractivity contribution in [1.82, 2.24) is 5.32 Å². The first kappa shape index (κ1) is 12.2. The van der Waals surface area contributed by atoms with Gasteiger partial charge in [0.25, 0.3) is 0 Å². The fourth-order valence-electron chi connectivity index (χ4n) is 2.52. The van der Waals surface area contributed by atoms with E-state index in [1.807, 2.05) is 19.2 Å². The predicted molar refractivity (Wildman–Crippen MR) is 70.5 cm³/mol. The average molecular weight is 258 g/mol. The van der Waals surface area contributed by atoms with Crippen LogP contribution in [0.3, 0.4) is 0 Å². The molecule has 0 heterocycles. The van der Waals surface area contributed by atoms with Crippen molar-refractivity contribution in [2.75, 3.05) is 7.05 Å². The summed E-state index contributed by atoms with van der Waals surface area (Å²) in [6.45, 7) is 0. The highest BCUT2D eigenvalue weighted by atomic mass is 35.5. The molecule has 2 rings (SSSR count). The van der Waals surface area contributed by atoms with Crippen molar-refractivity contribution in [3.8, 4) is 0 Å². The second-order valence-corrected chi connectivity index (χ2v) is 5.34. The minimum atomic E-state index is 0.626. The van der Waals surface area contributed by atoms with Crippen LogP contribution in [-0.2, 0) is 0 Å². The third-order valence-electron chi connectivity index (χ3n) is 3.50. The van der Waals surface area contributed by atoms with E-state index in [9.17, 15) is 0 Å². The highest BCUT2D eigenvalue weighted by Crippen LogP contribution is 2.35. The maximum absolute atomic E-state index is 6.06. The molecule has 1 aromatic carbocycles. The minimum absolute atomic E-state index is 0.626. The summed E-state index contributed by atoms with van der Waals surface area (Å²) in [4.78, 5) is 0. The Kier molecular flexibility index (Phi) is 4.12. The molecule has 16 heavy (non-hydrogen) atoms. The lowest BCUT2D eigenvalue weighted by Gasteiger charge is -2.29. The monoisotopic (exact) mass is 257 g/mol. The van der Waals surface area contributed by atoms with Crippen LogP contribution in [0.25, 0.3) is 0 Å². The summed E-state index contributed by atoms with van der Waals surface area (Å²) in [5.41, 5.74) is 1.33. The maximum Gasteiger partial charge on any atom is 0.0595 e. The van der Waals surface area contributed by atoms with E-state index in [1.54, 1.807) is 0 Å². The molecule has 1 nitrogen and oxygen atoms in total. The predicted octanol–water partition coefficient (Wildman–Crippen LogP) is 4.24. The number of nitrogens with one attached hydrogen (secondary N) is 1. The molecule has 2 atom stereocenters. The summed E-state index contributed by atoms with van der Waals surface area (Å²) in [6, 6.07) is 6.68. The molecule has 1 aliphatic carbocycles. The molecule has 0 aromatic heterocycles. The summed E-state index contributed by atoms with van der Waals surface area (Å²) < 4.78 is 0. The highest BCUT2D eigenvalue weighted by Gasteiger charge is 2.22. The Labute approximate surface area is 107 Å². The van der Waals surface area contributed by atoms with Gasteiger partial charge in [0.1, 0.15) is 0 Å². The van der Waals surface area contributed by atoms with Crippen LogP contribution in [0.1, 0.15) is 37.2 Å². The van der Waals surface area contributed by atoms with Crippen molar-refractivity contribution in [2.45, 2.75) is 37.6 Å². The molecule has 88 valence electrons. The second-order valence-electron chi connectivity index (χ2n) is 4.52. The van der Waals surface area contributed by atoms with Gasteiger partial charge in [0, 0.05) is 6.04 Å². The SMILES string of the molecule is CNC1CCCC(c2ccc(Cl)c(Cl)c2)C1. The van der Waals surface area contributed by atoms with Gasteiger partial charge in [-0.25, -0.2) is 0 Å². The van der Waals surface area contributed by atoms with Crippen molar-refractivity contribution < 1.29 is 0 Å². The zero-order chi connectivity index (χ0) is 11.5. The second kappa shape index (κ2) is 5.39. The van der Waals surface area contributed by atoms with Crippen molar-refractivity contribution in [3.63, 3.8) is 0 Å². The van der Waals surface area contributed by atoms with Crippen molar-refractivity contribution in [3.05, 3.63) is 33.8 Å². The van der Waals surface area contributed by atoms with Gasteiger partial charge in [0.05, 0.1) is 10.0 Å². The zero-order valence-corrected chi connectivity index (χ0v) is 11.0. The van der Waals surface area contributed by atoms with Crippen molar-refractivity contribution >= 4 is 23.2 Å². The largest absolute Gasteiger partial charge is 0.317 e. The van der Waals surface area contributed by atoms with E-state index < -0.39 is 0 Å². The molecule has 1 fully saturated rings. The molecule has 2 unspecified atom stereocenters. The highest BCUT2D eigenvalue weighted by molar-refractivity contribution is 6.42. The van der Waals surface area contributed by atoms with E-state index in [2.05, 4.69) is 11.4 Å². The van der Waals surface area contributed by atoms with Gasteiger partial charge in [-0.05, 0) is 49.9 Å². The van der Waals surface area contributed by atoms with Crippen LogP contribution in [0.4, 0.5) is 0 Å². The van der Waals surface area contributed by atoms with Gasteiger partial charge in [-0.2, -0.15) is 0 Å². The average Bonchev–Trinajstić information content (AvgIpc) is 2.33. The van der Waals surface area contributed by atoms with Crippen LogP contribution in [0, 0.1) is 0 Å². The Morgan fingerprint density at radius 3 is 2.69 bits per heavy atom. The molecule has 0 spiro atoms. The molecular formula is C13H17Cl2N. The molecule has 0 amide bonds. The molecule has 3 heteroatoms. The van der Waals surface area contributed by atoms with Gasteiger partial charge in [0.2, 0.25) is 0 Å². The fraction of sp³-hybridized carbons (Fsp3) is 0.538. The van der Waals surface area contributed by atoms with Crippen LogP contribution >= 0.6 is 23.2 Å². The first-order chi connectivity index (χ1) is 7.70. The normalized spacial score (nSPS) is 25.7. The van der Waals surface area contributed by atoms with E-state index in [-0.39, 0.29) is 0 Å². The van der Waals surface area contributed by atoms with Gasteiger partial charge in [-0.3, -0.25) is 0 Å². The number of halogens is 2. The third-order valence-corrected chi connectivity index (χ3v) is 4.24. The molecule has 1 saturated carbocycles. The van der Waals surface area contributed by atoms with Gasteiger partial charge in [-0.15, -0.1) is 0 Å². The van der Waals surface area contributed by atoms with Crippen LogP contribution < -0.4 is 5.32 Å². The van der Waals surface area contributed by atoms with E-state index >= 15 is 0 Å². The van der Waals surface area contributed by atoms with Crippen LogP contribution in [0.15, 0.2) is 18.2 Å². The van der Waals surface area contributed by atoms with Crippen molar-refractivity contribution in [1.29, 1.82) is 0 Å². The summed E-state index contributed by atoms with van der Waals surface area (Å²) in [6.07, 6.45) is 5.04. The molecule has 0 saturated heterocycles. The maximum atomic E-state index is 6.06. The number of benzene rings is 1. The Hall–Kier alpha value is -0.240. The molecule has 1 aromatic rings. The Balaban J connectivity index is 2.13. The summed E-state index contributed by atoms with van der Waals surface area (Å²) in [5, 5.41) is 4.69. The number of hydrogen-bond acceptors (Lipinski definition) is 1. The fourth-order valence-corrected chi connectivity index (χ4v) is 2.83. The Morgan fingerprint density at radius 1 is 1.19 bits per heavy atom. The molecule has 0 aliphatic heterocycles. The minimum Gasteiger partial charge on any atom is -0.317 e. The number of hydrogen-bond donors (Lipinski definition) is 1. The van der Waals surface area contributed by atoms with Gasteiger partial charge in [0.15, 0.2) is 0 Å². The molecule has 1 aliphatic rings. The standard InChI is InChI=1S/C13H17Cl2N/c1-16-11-4-2-3-9(7-11)10-5-6-12(14)13(15)8-10/h5-6,8-9,11,16H,2-4,7H2,1H3. The van der Waals surface area contributed by atoms with E-state index in [0.29, 0.717) is 22.0 Å². The summed E-state index contributed by atoms with van der Waals surface area (Å²) in [7, 11) is 2.04. The topological polar surface area (TPSA) is 12.0 Å². The van der Waals surface area contributed by atoms with E-state index in [4.69, 9.17) is 23.2 Å². The van der Waals surface area contributed by atoms with Gasteiger partial charge >= 0.3 is 0 Å². The third kappa shape index (κ3) is 2.71. The van der Waals surface area contributed by atoms with Crippen LogP contribution in [0.5, 0.6) is 0 Å². The lowest BCUT2D eigenvalue weighted by molar-refractivity contribution is 0.355. The summed E-state index contributed by atoms with van der Waals surface area (Å²) >= 11 is 12.0. The Bertz CT molecular complexity index is 365. The smallest absolute Gasteiger partial charge is 0.0595 e. The van der Waals surface area contributed by atoms with E-state index in [0.717, 1.165) is 0 Å².